The molecule has 2 nitrogen and oxygen atoms in total. The second-order valence-corrected chi connectivity index (χ2v) is 2.31. The van der Waals surface area contributed by atoms with Gasteiger partial charge in [-0.15, -0.1) is 0 Å². The molecule has 0 aromatic heterocycles. The normalized spacial score (nSPS) is 9.27. The standard InChI is InChI=1S/C8H8BO2/c1-6(10)7-3-2-4-8(5-7)9-11/h2-5,11H,1H3. The van der Waals surface area contributed by atoms with Crippen molar-refractivity contribution >= 4 is 18.7 Å². The molecule has 3 heteroatoms. The van der Waals surface area contributed by atoms with E-state index in [1.54, 1.807) is 24.3 Å². The van der Waals surface area contributed by atoms with Crippen LogP contribution >= 0.6 is 0 Å². The van der Waals surface area contributed by atoms with E-state index in [2.05, 4.69) is 0 Å². The second kappa shape index (κ2) is 3.35. The fourth-order valence-electron chi connectivity index (χ4n) is 0.838. The van der Waals surface area contributed by atoms with Gasteiger partial charge in [-0.1, -0.05) is 29.7 Å². The molecule has 0 bridgehead atoms. The Morgan fingerprint density at radius 2 is 2.27 bits per heavy atom. The summed E-state index contributed by atoms with van der Waals surface area (Å²) in [5, 5.41) is 8.61. The van der Waals surface area contributed by atoms with Gasteiger partial charge in [0.25, 0.3) is 0 Å². The van der Waals surface area contributed by atoms with Gasteiger partial charge < -0.3 is 5.02 Å². The molecule has 1 aromatic rings. The van der Waals surface area contributed by atoms with Crippen LogP contribution in [0.3, 0.4) is 0 Å². The molecular weight excluding hydrogens is 139 g/mol. The molecule has 0 aliphatic heterocycles. The van der Waals surface area contributed by atoms with E-state index in [-0.39, 0.29) is 5.78 Å². The van der Waals surface area contributed by atoms with E-state index in [9.17, 15) is 4.79 Å². The van der Waals surface area contributed by atoms with Gasteiger partial charge in [-0.05, 0) is 6.92 Å². The summed E-state index contributed by atoms with van der Waals surface area (Å²) < 4.78 is 0. The van der Waals surface area contributed by atoms with Crippen LogP contribution in [0.2, 0.25) is 0 Å². The summed E-state index contributed by atoms with van der Waals surface area (Å²) >= 11 is 0. The third kappa shape index (κ3) is 1.92. The summed E-state index contributed by atoms with van der Waals surface area (Å²) in [4.78, 5) is 10.8. The van der Waals surface area contributed by atoms with Gasteiger partial charge in [0.15, 0.2) is 5.78 Å². The summed E-state index contributed by atoms with van der Waals surface area (Å²) in [6.45, 7) is 1.50. The smallest absolute Gasteiger partial charge is 0.326 e. The number of hydrogen-bond acceptors (Lipinski definition) is 2. The Labute approximate surface area is 66.1 Å². The van der Waals surface area contributed by atoms with Crippen molar-refractivity contribution in [2.24, 2.45) is 0 Å². The molecule has 0 spiro atoms. The van der Waals surface area contributed by atoms with Crippen LogP contribution in [-0.4, -0.2) is 18.3 Å². The first-order valence-corrected chi connectivity index (χ1v) is 3.32. The van der Waals surface area contributed by atoms with Gasteiger partial charge in [-0.2, -0.15) is 0 Å². The second-order valence-electron chi connectivity index (χ2n) is 2.31. The van der Waals surface area contributed by atoms with E-state index in [0.717, 1.165) is 7.48 Å². The number of carbonyl (C=O) groups excluding carboxylic acids is 1. The molecule has 0 saturated heterocycles. The summed E-state index contributed by atoms with van der Waals surface area (Å²) in [5.41, 5.74) is 1.27. The number of carbonyl (C=O) groups is 1. The predicted molar refractivity (Wildman–Crippen MR) is 44.1 cm³/mol. The van der Waals surface area contributed by atoms with Crippen molar-refractivity contribution < 1.29 is 9.82 Å². The van der Waals surface area contributed by atoms with Gasteiger partial charge in [0.05, 0.1) is 0 Å². The lowest BCUT2D eigenvalue weighted by Gasteiger charge is -1.96. The lowest BCUT2D eigenvalue weighted by Crippen LogP contribution is -2.14. The fourth-order valence-corrected chi connectivity index (χ4v) is 0.838. The molecule has 0 unspecified atom stereocenters. The molecule has 11 heavy (non-hydrogen) atoms. The van der Waals surface area contributed by atoms with Crippen molar-refractivity contribution in [3.05, 3.63) is 29.8 Å². The van der Waals surface area contributed by atoms with E-state index in [4.69, 9.17) is 5.02 Å². The molecule has 0 aliphatic carbocycles. The molecular formula is C8H8BO2. The van der Waals surface area contributed by atoms with Gasteiger partial charge in [0.1, 0.15) is 0 Å². The maximum absolute atomic E-state index is 10.8. The Morgan fingerprint density at radius 1 is 1.55 bits per heavy atom. The predicted octanol–water partition coefficient (Wildman–Crippen LogP) is 0.126. The number of rotatable bonds is 2. The Kier molecular flexibility index (Phi) is 2.44. The maximum atomic E-state index is 10.8. The molecule has 0 saturated carbocycles. The van der Waals surface area contributed by atoms with E-state index >= 15 is 0 Å². The van der Waals surface area contributed by atoms with Crippen molar-refractivity contribution in [2.45, 2.75) is 6.92 Å². The quantitative estimate of drug-likeness (QED) is 0.476. The monoisotopic (exact) mass is 147 g/mol. The third-order valence-corrected chi connectivity index (χ3v) is 1.44. The van der Waals surface area contributed by atoms with Crippen LogP contribution in [0.5, 0.6) is 0 Å². The molecule has 1 N–H and O–H groups in total. The van der Waals surface area contributed by atoms with Crippen molar-refractivity contribution in [2.75, 3.05) is 0 Å². The Morgan fingerprint density at radius 3 is 2.82 bits per heavy atom. The van der Waals surface area contributed by atoms with Crippen LogP contribution in [0.4, 0.5) is 0 Å². The zero-order valence-corrected chi connectivity index (χ0v) is 6.24. The summed E-state index contributed by atoms with van der Waals surface area (Å²) in [7, 11) is 0.979. The van der Waals surface area contributed by atoms with E-state index in [1.165, 1.54) is 6.92 Å². The van der Waals surface area contributed by atoms with Gasteiger partial charge in [0, 0.05) is 5.56 Å². The largest absolute Gasteiger partial charge is 0.450 e. The topological polar surface area (TPSA) is 37.3 Å². The van der Waals surface area contributed by atoms with Crippen LogP contribution in [0.1, 0.15) is 17.3 Å². The average Bonchev–Trinajstić information content (AvgIpc) is 2.05. The van der Waals surface area contributed by atoms with Gasteiger partial charge in [-0.25, -0.2) is 0 Å². The molecule has 0 amide bonds. The van der Waals surface area contributed by atoms with E-state index in [0.29, 0.717) is 11.0 Å². The van der Waals surface area contributed by atoms with Crippen molar-refractivity contribution in [3.8, 4) is 0 Å². The highest BCUT2D eigenvalue weighted by Crippen LogP contribution is 1.96. The lowest BCUT2D eigenvalue weighted by molar-refractivity contribution is 0.101. The van der Waals surface area contributed by atoms with Gasteiger partial charge in [-0.3, -0.25) is 4.79 Å². The minimum atomic E-state index is 0.00806. The molecule has 1 rings (SSSR count). The Balaban J connectivity index is 3.01. The number of Topliss-reactive ketones (excluding diaryl/α,β-unsaturated/α-hetero) is 1. The van der Waals surface area contributed by atoms with E-state index < -0.39 is 0 Å². The summed E-state index contributed by atoms with van der Waals surface area (Å²) in [6.07, 6.45) is 0. The van der Waals surface area contributed by atoms with E-state index in [1.807, 2.05) is 0 Å². The Bertz CT molecular complexity index is 271. The van der Waals surface area contributed by atoms with Crippen LogP contribution < -0.4 is 5.46 Å². The molecule has 0 aliphatic rings. The van der Waals surface area contributed by atoms with Crippen molar-refractivity contribution in [3.63, 3.8) is 0 Å². The molecule has 0 fully saturated rings. The average molecular weight is 147 g/mol. The number of hydrogen-bond donors (Lipinski definition) is 1. The first-order valence-electron chi connectivity index (χ1n) is 3.32. The molecule has 55 valence electrons. The minimum absolute atomic E-state index is 0.00806. The number of ketones is 1. The highest BCUT2D eigenvalue weighted by atomic mass is 16.2. The molecule has 0 heterocycles. The number of benzene rings is 1. The highest BCUT2D eigenvalue weighted by Gasteiger charge is 1.99. The fraction of sp³-hybridized carbons (Fsp3) is 0.125. The Hall–Kier alpha value is -1.09. The zero-order valence-electron chi connectivity index (χ0n) is 6.24. The van der Waals surface area contributed by atoms with Crippen LogP contribution in [0, 0.1) is 0 Å². The molecule has 1 radical (unpaired) electrons. The minimum Gasteiger partial charge on any atom is -0.450 e. The molecule has 1 aromatic carbocycles. The zero-order chi connectivity index (χ0) is 8.27. The SMILES string of the molecule is CC(=O)c1cccc([B]O)c1. The summed E-state index contributed by atoms with van der Waals surface area (Å²) in [6, 6.07) is 6.82. The first-order chi connectivity index (χ1) is 5.24. The van der Waals surface area contributed by atoms with Gasteiger partial charge in [0.2, 0.25) is 0 Å². The highest BCUT2D eigenvalue weighted by molar-refractivity contribution is 6.45. The van der Waals surface area contributed by atoms with Gasteiger partial charge >= 0.3 is 7.48 Å². The molecule has 0 atom stereocenters. The van der Waals surface area contributed by atoms with Crippen LogP contribution in [-0.2, 0) is 0 Å². The van der Waals surface area contributed by atoms with Crippen molar-refractivity contribution in [1.29, 1.82) is 0 Å². The third-order valence-electron chi connectivity index (χ3n) is 1.44. The summed E-state index contributed by atoms with van der Waals surface area (Å²) in [5.74, 6) is 0.00806. The van der Waals surface area contributed by atoms with Crippen LogP contribution in [0.15, 0.2) is 24.3 Å². The first kappa shape index (κ1) is 8.02. The lowest BCUT2D eigenvalue weighted by atomic mass is 9.87. The maximum Gasteiger partial charge on any atom is 0.326 e. The van der Waals surface area contributed by atoms with Crippen molar-refractivity contribution in [1.82, 2.24) is 0 Å². The van der Waals surface area contributed by atoms with Crippen LogP contribution in [0.25, 0.3) is 0 Å².